The molecule has 0 unspecified atom stereocenters. The molecule has 0 aromatic heterocycles. The Morgan fingerprint density at radius 1 is 1.23 bits per heavy atom. The van der Waals surface area contributed by atoms with Crippen molar-refractivity contribution >= 4 is 17.3 Å². The second kappa shape index (κ2) is 9.13. The van der Waals surface area contributed by atoms with E-state index in [0.29, 0.717) is 25.4 Å². The highest BCUT2D eigenvalue weighted by Gasteiger charge is 2.37. The molecule has 2 aromatic carbocycles. The summed E-state index contributed by atoms with van der Waals surface area (Å²) < 4.78 is 11.2. The van der Waals surface area contributed by atoms with Crippen LogP contribution in [0.3, 0.4) is 0 Å². The first-order valence-electron chi connectivity index (χ1n) is 9.87. The Bertz CT molecular complexity index is 938. The number of rotatable bonds is 7. The molecule has 0 bridgehead atoms. The average Bonchev–Trinajstić information content (AvgIpc) is 2.77. The van der Waals surface area contributed by atoms with Crippen molar-refractivity contribution in [3.8, 4) is 5.75 Å². The zero-order valence-electron chi connectivity index (χ0n) is 17.5. The molecule has 0 radical (unpaired) electrons. The first-order valence-corrected chi connectivity index (χ1v) is 9.87. The lowest BCUT2D eigenvalue weighted by atomic mass is 9.73. The number of carbonyl (C=O) groups is 1. The molecule has 1 aliphatic heterocycles. The van der Waals surface area contributed by atoms with Crippen LogP contribution in [0.5, 0.6) is 5.75 Å². The number of nitro benzene ring substituents is 1. The van der Waals surface area contributed by atoms with Gasteiger partial charge in [-0.15, -0.1) is 0 Å². The zero-order valence-corrected chi connectivity index (χ0v) is 17.5. The smallest absolute Gasteiger partial charge is 0.293 e. The van der Waals surface area contributed by atoms with E-state index in [2.05, 4.69) is 16.7 Å². The van der Waals surface area contributed by atoms with Crippen molar-refractivity contribution in [2.45, 2.75) is 25.2 Å². The third kappa shape index (κ3) is 4.38. The number of amides is 1. The Labute approximate surface area is 175 Å². The minimum absolute atomic E-state index is 0.130. The Balaban J connectivity index is 1.95. The van der Waals surface area contributed by atoms with Gasteiger partial charge in [0.2, 0.25) is 0 Å². The highest BCUT2D eigenvalue weighted by atomic mass is 16.6. The molecule has 30 heavy (non-hydrogen) atoms. The molecular formula is C22H27N3O5. The summed E-state index contributed by atoms with van der Waals surface area (Å²) in [5.41, 5.74) is 2.40. The molecule has 0 atom stereocenters. The van der Waals surface area contributed by atoms with Gasteiger partial charge >= 0.3 is 0 Å². The number of nitro groups is 1. The van der Waals surface area contributed by atoms with Crippen LogP contribution in [-0.2, 0) is 10.2 Å². The molecule has 3 rings (SSSR count). The Morgan fingerprint density at radius 3 is 2.60 bits per heavy atom. The molecule has 1 fully saturated rings. The van der Waals surface area contributed by atoms with Gasteiger partial charge < -0.3 is 20.1 Å². The van der Waals surface area contributed by atoms with Crippen molar-refractivity contribution in [3.05, 3.63) is 63.2 Å². The number of ether oxygens (including phenoxy) is 2. The largest absolute Gasteiger partial charge is 0.496 e. The van der Waals surface area contributed by atoms with E-state index in [1.807, 2.05) is 19.1 Å². The maximum atomic E-state index is 11.9. The van der Waals surface area contributed by atoms with Crippen LogP contribution in [0, 0.1) is 17.0 Å². The van der Waals surface area contributed by atoms with Crippen molar-refractivity contribution in [3.63, 3.8) is 0 Å². The van der Waals surface area contributed by atoms with E-state index in [1.165, 1.54) is 13.1 Å². The van der Waals surface area contributed by atoms with Gasteiger partial charge in [0.1, 0.15) is 11.4 Å². The molecule has 0 aliphatic carbocycles. The first-order chi connectivity index (χ1) is 14.4. The second-order valence-corrected chi connectivity index (χ2v) is 7.52. The van der Waals surface area contributed by atoms with Gasteiger partial charge in [-0.25, -0.2) is 0 Å². The number of methoxy groups -OCH3 is 1. The van der Waals surface area contributed by atoms with Crippen molar-refractivity contribution in [2.24, 2.45) is 0 Å². The number of benzene rings is 2. The fraction of sp³-hybridized carbons (Fsp3) is 0.409. The highest BCUT2D eigenvalue weighted by Crippen LogP contribution is 2.41. The van der Waals surface area contributed by atoms with Crippen LogP contribution in [0.25, 0.3) is 0 Å². The van der Waals surface area contributed by atoms with Crippen molar-refractivity contribution < 1.29 is 19.2 Å². The molecule has 1 aliphatic rings. The lowest BCUT2D eigenvalue weighted by Crippen LogP contribution is -2.40. The Kier molecular flexibility index (Phi) is 6.56. The molecule has 2 N–H and O–H groups in total. The predicted molar refractivity (Wildman–Crippen MR) is 114 cm³/mol. The number of aryl methyl sites for hydroxylation is 1. The zero-order chi connectivity index (χ0) is 21.7. The van der Waals surface area contributed by atoms with E-state index in [9.17, 15) is 14.9 Å². The summed E-state index contributed by atoms with van der Waals surface area (Å²) in [6.07, 6.45) is 1.54. The fourth-order valence-electron chi connectivity index (χ4n) is 3.92. The monoisotopic (exact) mass is 413 g/mol. The van der Waals surface area contributed by atoms with Gasteiger partial charge in [0, 0.05) is 49.4 Å². The minimum atomic E-state index is -0.474. The molecule has 160 valence electrons. The highest BCUT2D eigenvalue weighted by molar-refractivity contribution is 5.95. The van der Waals surface area contributed by atoms with Gasteiger partial charge in [0.15, 0.2) is 0 Å². The molecule has 0 saturated carbocycles. The standard InChI is InChI=1S/C22H27N3O5/c1-15-4-7-20(29-3)17(12-15)22(8-10-30-11-9-22)14-24-18-6-5-16(21(26)23-2)13-19(18)25(27)28/h4-7,12-13,24H,8-11,14H2,1-3H3,(H,23,26). The minimum Gasteiger partial charge on any atom is -0.496 e. The average molecular weight is 413 g/mol. The molecule has 8 heteroatoms. The van der Waals surface area contributed by atoms with Crippen LogP contribution in [-0.4, -0.2) is 44.7 Å². The molecular weight excluding hydrogens is 386 g/mol. The van der Waals surface area contributed by atoms with Gasteiger partial charge in [-0.1, -0.05) is 17.7 Å². The number of nitrogens with zero attached hydrogens (tertiary/aromatic N) is 1. The van der Waals surface area contributed by atoms with Crippen LogP contribution in [0.2, 0.25) is 0 Å². The quantitative estimate of drug-likeness (QED) is 0.533. The first kappa shape index (κ1) is 21.6. The lowest BCUT2D eigenvalue weighted by Gasteiger charge is -2.39. The molecule has 1 heterocycles. The maximum Gasteiger partial charge on any atom is 0.293 e. The van der Waals surface area contributed by atoms with E-state index < -0.39 is 4.92 Å². The number of nitrogens with one attached hydrogen (secondary N) is 2. The summed E-state index contributed by atoms with van der Waals surface area (Å²) in [7, 11) is 3.14. The van der Waals surface area contributed by atoms with Gasteiger partial charge in [-0.05, 0) is 38.0 Å². The number of hydrogen-bond acceptors (Lipinski definition) is 6. The van der Waals surface area contributed by atoms with Crippen LogP contribution >= 0.6 is 0 Å². The SMILES string of the molecule is CNC(=O)c1ccc(NCC2(c3cc(C)ccc3OC)CCOCC2)c([N+](=O)[O-])c1. The number of anilines is 1. The van der Waals surface area contributed by atoms with E-state index in [1.54, 1.807) is 19.2 Å². The van der Waals surface area contributed by atoms with E-state index in [-0.39, 0.29) is 22.6 Å². The summed E-state index contributed by atoms with van der Waals surface area (Å²) in [5, 5.41) is 17.4. The topological polar surface area (TPSA) is 103 Å². The summed E-state index contributed by atoms with van der Waals surface area (Å²) in [4.78, 5) is 23.0. The van der Waals surface area contributed by atoms with E-state index in [0.717, 1.165) is 29.7 Å². The fourth-order valence-corrected chi connectivity index (χ4v) is 3.92. The normalized spacial score (nSPS) is 15.3. The second-order valence-electron chi connectivity index (χ2n) is 7.52. The molecule has 2 aromatic rings. The molecule has 1 saturated heterocycles. The van der Waals surface area contributed by atoms with Gasteiger partial charge in [-0.2, -0.15) is 0 Å². The van der Waals surface area contributed by atoms with Crippen molar-refractivity contribution in [1.29, 1.82) is 0 Å². The van der Waals surface area contributed by atoms with Gasteiger partial charge in [0.25, 0.3) is 11.6 Å². The number of hydrogen-bond donors (Lipinski definition) is 2. The van der Waals surface area contributed by atoms with Crippen LogP contribution < -0.4 is 15.4 Å². The van der Waals surface area contributed by atoms with Crippen LogP contribution in [0.4, 0.5) is 11.4 Å². The third-order valence-corrected chi connectivity index (χ3v) is 5.68. The van der Waals surface area contributed by atoms with Crippen molar-refractivity contribution in [1.82, 2.24) is 5.32 Å². The van der Waals surface area contributed by atoms with E-state index >= 15 is 0 Å². The van der Waals surface area contributed by atoms with Crippen LogP contribution in [0.15, 0.2) is 36.4 Å². The predicted octanol–water partition coefficient (Wildman–Crippen LogP) is 3.43. The maximum absolute atomic E-state index is 11.9. The van der Waals surface area contributed by atoms with Crippen molar-refractivity contribution in [2.75, 3.05) is 39.2 Å². The number of carbonyl (C=O) groups excluding carboxylic acids is 1. The molecule has 8 nitrogen and oxygen atoms in total. The summed E-state index contributed by atoms with van der Waals surface area (Å²) in [5.74, 6) is 0.434. The third-order valence-electron chi connectivity index (χ3n) is 5.68. The molecule has 1 amide bonds. The van der Waals surface area contributed by atoms with Gasteiger partial charge in [-0.3, -0.25) is 14.9 Å². The summed E-state index contributed by atoms with van der Waals surface area (Å²) in [6.45, 7) is 3.73. The molecule has 0 spiro atoms. The van der Waals surface area contributed by atoms with E-state index in [4.69, 9.17) is 9.47 Å². The summed E-state index contributed by atoms with van der Waals surface area (Å²) in [6, 6.07) is 10.6. The Hall–Kier alpha value is -3.13. The summed E-state index contributed by atoms with van der Waals surface area (Å²) >= 11 is 0. The van der Waals surface area contributed by atoms with Gasteiger partial charge in [0.05, 0.1) is 12.0 Å². The lowest BCUT2D eigenvalue weighted by molar-refractivity contribution is -0.384. The Morgan fingerprint density at radius 2 is 1.97 bits per heavy atom. The van der Waals surface area contributed by atoms with Crippen LogP contribution in [0.1, 0.15) is 34.3 Å².